The van der Waals surface area contributed by atoms with Crippen LogP contribution in [-0.4, -0.2) is 24.5 Å². The summed E-state index contributed by atoms with van der Waals surface area (Å²) in [4.78, 5) is 2.69. The number of rotatable bonds is 8. The Kier molecular flexibility index (Phi) is 7.11. The fourth-order valence-corrected chi connectivity index (χ4v) is 2.96. The first kappa shape index (κ1) is 14.0. The molecular formula is C15H31N. The third-order valence-electron chi connectivity index (χ3n) is 3.74. The highest BCUT2D eigenvalue weighted by Gasteiger charge is 2.18. The number of hydrogen-bond donors (Lipinski definition) is 0. The van der Waals surface area contributed by atoms with Gasteiger partial charge in [-0.25, -0.2) is 0 Å². The Labute approximate surface area is 103 Å². The molecule has 0 saturated carbocycles. The summed E-state index contributed by atoms with van der Waals surface area (Å²) in [5, 5.41) is 0. The molecule has 1 aliphatic heterocycles. The zero-order valence-electron chi connectivity index (χ0n) is 11.7. The van der Waals surface area contributed by atoms with E-state index in [0.29, 0.717) is 0 Å². The van der Waals surface area contributed by atoms with E-state index in [2.05, 4.69) is 25.7 Å². The second-order valence-electron chi connectivity index (χ2n) is 6.00. The lowest BCUT2D eigenvalue weighted by atomic mass is 9.91. The van der Waals surface area contributed by atoms with E-state index in [1.54, 1.807) is 0 Å². The molecule has 0 N–H and O–H groups in total. The van der Waals surface area contributed by atoms with Crippen molar-refractivity contribution in [3.05, 3.63) is 0 Å². The van der Waals surface area contributed by atoms with Crippen molar-refractivity contribution in [3.8, 4) is 0 Å². The van der Waals surface area contributed by atoms with Gasteiger partial charge in [0, 0.05) is 6.54 Å². The van der Waals surface area contributed by atoms with Gasteiger partial charge in [-0.2, -0.15) is 0 Å². The molecular weight excluding hydrogens is 194 g/mol. The Bertz CT molecular complexity index is 159. The normalized spacial score (nSPS) is 19.5. The van der Waals surface area contributed by atoms with Crippen LogP contribution >= 0.6 is 0 Å². The predicted molar refractivity (Wildman–Crippen MR) is 72.8 cm³/mol. The molecule has 1 nitrogen and oxygen atoms in total. The van der Waals surface area contributed by atoms with Gasteiger partial charge in [0.2, 0.25) is 0 Å². The standard InChI is InChI=1S/C15H31N/c1-4-5-6-9-15(12-14(2)3)13-16-10-7-8-11-16/h14-15H,4-13H2,1-3H3. The lowest BCUT2D eigenvalue weighted by Crippen LogP contribution is -2.27. The van der Waals surface area contributed by atoms with Crippen molar-refractivity contribution in [3.63, 3.8) is 0 Å². The second kappa shape index (κ2) is 8.11. The maximum atomic E-state index is 2.69. The monoisotopic (exact) mass is 225 g/mol. The number of hydrogen-bond acceptors (Lipinski definition) is 1. The molecule has 1 heterocycles. The molecule has 0 aromatic rings. The van der Waals surface area contributed by atoms with Crippen LogP contribution in [0, 0.1) is 11.8 Å². The molecule has 0 radical (unpaired) electrons. The van der Waals surface area contributed by atoms with Crippen LogP contribution in [0.2, 0.25) is 0 Å². The van der Waals surface area contributed by atoms with E-state index >= 15 is 0 Å². The van der Waals surface area contributed by atoms with E-state index in [-0.39, 0.29) is 0 Å². The van der Waals surface area contributed by atoms with Crippen molar-refractivity contribution in [1.82, 2.24) is 4.90 Å². The zero-order valence-corrected chi connectivity index (χ0v) is 11.7. The van der Waals surface area contributed by atoms with Gasteiger partial charge in [-0.05, 0) is 50.6 Å². The quantitative estimate of drug-likeness (QED) is 0.556. The van der Waals surface area contributed by atoms with Gasteiger partial charge in [0.1, 0.15) is 0 Å². The molecule has 1 heteroatoms. The third-order valence-corrected chi connectivity index (χ3v) is 3.74. The minimum atomic E-state index is 0.870. The molecule has 0 spiro atoms. The Morgan fingerprint density at radius 2 is 1.75 bits per heavy atom. The van der Waals surface area contributed by atoms with Gasteiger partial charge in [-0.1, -0.05) is 40.0 Å². The molecule has 1 saturated heterocycles. The van der Waals surface area contributed by atoms with Gasteiger partial charge in [0.25, 0.3) is 0 Å². The summed E-state index contributed by atoms with van der Waals surface area (Å²) >= 11 is 0. The first-order valence-corrected chi connectivity index (χ1v) is 7.44. The van der Waals surface area contributed by atoms with Gasteiger partial charge in [0.15, 0.2) is 0 Å². The Morgan fingerprint density at radius 1 is 1.06 bits per heavy atom. The third kappa shape index (κ3) is 5.89. The maximum absolute atomic E-state index is 2.69. The van der Waals surface area contributed by atoms with Crippen molar-refractivity contribution < 1.29 is 0 Å². The van der Waals surface area contributed by atoms with Crippen LogP contribution in [0.25, 0.3) is 0 Å². The molecule has 0 amide bonds. The van der Waals surface area contributed by atoms with Gasteiger partial charge in [-0.15, -0.1) is 0 Å². The fraction of sp³-hybridized carbons (Fsp3) is 1.00. The van der Waals surface area contributed by atoms with E-state index in [1.807, 2.05) is 0 Å². The Balaban J connectivity index is 2.24. The largest absolute Gasteiger partial charge is 0.303 e. The highest BCUT2D eigenvalue weighted by Crippen LogP contribution is 2.21. The van der Waals surface area contributed by atoms with E-state index in [0.717, 1.165) is 11.8 Å². The molecule has 0 aromatic heterocycles. The van der Waals surface area contributed by atoms with Crippen LogP contribution in [-0.2, 0) is 0 Å². The molecule has 1 atom stereocenters. The maximum Gasteiger partial charge on any atom is 0.000975 e. The summed E-state index contributed by atoms with van der Waals surface area (Å²) < 4.78 is 0. The minimum absolute atomic E-state index is 0.870. The van der Waals surface area contributed by atoms with Crippen molar-refractivity contribution >= 4 is 0 Å². The molecule has 0 bridgehead atoms. The average molecular weight is 225 g/mol. The number of likely N-dealkylation sites (tertiary alicyclic amines) is 1. The predicted octanol–water partition coefficient (Wildman–Crippen LogP) is 4.32. The van der Waals surface area contributed by atoms with Crippen LogP contribution in [0.1, 0.15) is 65.7 Å². The van der Waals surface area contributed by atoms with Crippen molar-refractivity contribution in [2.75, 3.05) is 19.6 Å². The van der Waals surface area contributed by atoms with Crippen LogP contribution in [0.3, 0.4) is 0 Å². The molecule has 16 heavy (non-hydrogen) atoms. The van der Waals surface area contributed by atoms with E-state index < -0.39 is 0 Å². The zero-order chi connectivity index (χ0) is 11.8. The van der Waals surface area contributed by atoms with Crippen LogP contribution in [0.5, 0.6) is 0 Å². The SMILES string of the molecule is CCCCCC(CC(C)C)CN1CCCC1. The van der Waals surface area contributed by atoms with Crippen LogP contribution < -0.4 is 0 Å². The highest BCUT2D eigenvalue weighted by molar-refractivity contribution is 4.72. The Hall–Kier alpha value is -0.0400. The lowest BCUT2D eigenvalue weighted by Gasteiger charge is -2.24. The molecule has 1 aliphatic rings. The van der Waals surface area contributed by atoms with E-state index in [1.165, 1.54) is 64.6 Å². The van der Waals surface area contributed by atoms with Crippen molar-refractivity contribution in [1.29, 1.82) is 0 Å². The summed E-state index contributed by atoms with van der Waals surface area (Å²) in [6.07, 6.45) is 9.99. The van der Waals surface area contributed by atoms with Crippen LogP contribution in [0.15, 0.2) is 0 Å². The topological polar surface area (TPSA) is 3.24 Å². The average Bonchev–Trinajstić information content (AvgIpc) is 2.69. The molecule has 96 valence electrons. The summed E-state index contributed by atoms with van der Waals surface area (Å²) in [5.74, 6) is 1.83. The van der Waals surface area contributed by atoms with Gasteiger partial charge in [-0.3, -0.25) is 0 Å². The van der Waals surface area contributed by atoms with E-state index in [4.69, 9.17) is 0 Å². The van der Waals surface area contributed by atoms with Gasteiger partial charge in [0.05, 0.1) is 0 Å². The summed E-state index contributed by atoms with van der Waals surface area (Å²) in [7, 11) is 0. The van der Waals surface area contributed by atoms with Gasteiger partial charge >= 0.3 is 0 Å². The Morgan fingerprint density at radius 3 is 2.31 bits per heavy atom. The summed E-state index contributed by atoms with van der Waals surface area (Å²) in [5.41, 5.74) is 0. The molecule has 1 fully saturated rings. The molecule has 0 aromatic carbocycles. The van der Waals surface area contributed by atoms with Crippen LogP contribution in [0.4, 0.5) is 0 Å². The van der Waals surface area contributed by atoms with E-state index in [9.17, 15) is 0 Å². The first-order valence-electron chi connectivity index (χ1n) is 7.44. The highest BCUT2D eigenvalue weighted by atomic mass is 15.1. The smallest absolute Gasteiger partial charge is 0.000975 e. The summed E-state index contributed by atoms with van der Waals surface area (Å²) in [6, 6.07) is 0. The fourth-order valence-electron chi connectivity index (χ4n) is 2.96. The first-order chi connectivity index (χ1) is 7.72. The molecule has 1 rings (SSSR count). The second-order valence-corrected chi connectivity index (χ2v) is 6.00. The van der Waals surface area contributed by atoms with Crippen molar-refractivity contribution in [2.45, 2.75) is 65.7 Å². The summed E-state index contributed by atoms with van der Waals surface area (Å²) in [6.45, 7) is 11.2. The minimum Gasteiger partial charge on any atom is -0.303 e. The lowest BCUT2D eigenvalue weighted by molar-refractivity contribution is 0.240. The molecule has 1 unspecified atom stereocenters. The number of nitrogens with zero attached hydrogens (tertiary/aromatic N) is 1. The van der Waals surface area contributed by atoms with Gasteiger partial charge < -0.3 is 4.90 Å². The molecule has 0 aliphatic carbocycles. The van der Waals surface area contributed by atoms with Crippen molar-refractivity contribution in [2.24, 2.45) is 11.8 Å². The number of unbranched alkanes of at least 4 members (excludes halogenated alkanes) is 2.